The third kappa shape index (κ3) is 10.5. The molecule has 0 aliphatic heterocycles. The Bertz CT molecular complexity index is 1320. The van der Waals surface area contributed by atoms with Crippen molar-refractivity contribution in [1.82, 2.24) is 0 Å². The second-order valence-corrected chi connectivity index (χ2v) is 11.8. The van der Waals surface area contributed by atoms with E-state index in [1.807, 2.05) is 13.0 Å². The minimum atomic E-state index is -0.690. The quantitative estimate of drug-likeness (QED) is 0.0699. The Morgan fingerprint density at radius 2 is 1.23 bits per heavy atom. The van der Waals surface area contributed by atoms with Crippen LogP contribution >= 0.6 is 0 Å². The van der Waals surface area contributed by atoms with Crippen LogP contribution in [0.4, 0.5) is 0 Å². The molecule has 0 bridgehead atoms. The summed E-state index contributed by atoms with van der Waals surface area (Å²) in [5, 5.41) is 0. The number of carbonyl (C=O) groups is 3. The fourth-order valence-electron chi connectivity index (χ4n) is 3.74. The average Bonchev–Trinajstić information content (AvgIpc) is 2.93. The van der Waals surface area contributed by atoms with Gasteiger partial charge in [-0.2, -0.15) is 0 Å². The van der Waals surface area contributed by atoms with Crippen LogP contribution in [0.3, 0.4) is 0 Å². The average molecular weight is 593 g/mol. The third-order valence-corrected chi connectivity index (χ3v) is 6.01. The van der Waals surface area contributed by atoms with Crippen molar-refractivity contribution in [3.8, 4) is 17.2 Å². The number of carbonyl (C=O) groups excluding carboxylic acids is 3. The monoisotopic (exact) mass is 592 g/mol. The Balaban J connectivity index is 2.38. The van der Waals surface area contributed by atoms with Gasteiger partial charge < -0.3 is 23.7 Å². The van der Waals surface area contributed by atoms with Gasteiger partial charge in [0.25, 0.3) is 0 Å². The molecule has 0 heterocycles. The van der Waals surface area contributed by atoms with E-state index in [4.69, 9.17) is 23.7 Å². The molecule has 8 nitrogen and oxygen atoms in total. The largest absolute Gasteiger partial charge is 0.493 e. The highest BCUT2D eigenvalue weighted by Gasteiger charge is 2.25. The molecule has 0 aliphatic rings. The van der Waals surface area contributed by atoms with E-state index in [1.165, 1.54) is 6.08 Å². The van der Waals surface area contributed by atoms with Crippen LogP contribution in [-0.4, -0.2) is 37.9 Å². The van der Waals surface area contributed by atoms with Gasteiger partial charge in [-0.05, 0) is 115 Å². The molecular weight excluding hydrogens is 548 g/mol. The van der Waals surface area contributed by atoms with Crippen molar-refractivity contribution >= 4 is 23.8 Å². The van der Waals surface area contributed by atoms with E-state index in [0.717, 1.165) is 11.1 Å². The van der Waals surface area contributed by atoms with Gasteiger partial charge in [0.05, 0.1) is 23.0 Å². The van der Waals surface area contributed by atoms with Gasteiger partial charge in [0, 0.05) is 5.56 Å². The summed E-state index contributed by atoms with van der Waals surface area (Å²) in [6, 6.07) is 8.45. The van der Waals surface area contributed by atoms with E-state index in [1.54, 1.807) is 84.0 Å². The Morgan fingerprint density at radius 1 is 0.744 bits per heavy atom. The van der Waals surface area contributed by atoms with Crippen molar-refractivity contribution in [2.75, 3.05) is 20.2 Å². The summed E-state index contributed by atoms with van der Waals surface area (Å²) < 4.78 is 28.0. The Morgan fingerprint density at radius 3 is 1.70 bits per heavy atom. The zero-order valence-corrected chi connectivity index (χ0v) is 26.4. The van der Waals surface area contributed by atoms with Crippen LogP contribution < -0.4 is 14.2 Å². The third-order valence-electron chi connectivity index (χ3n) is 6.01. The molecule has 2 rings (SSSR count). The molecule has 0 unspecified atom stereocenters. The van der Waals surface area contributed by atoms with Gasteiger partial charge in [0.2, 0.25) is 13.6 Å². The van der Waals surface area contributed by atoms with Gasteiger partial charge in [-0.15, -0.1) is 13.2 Å². The molecule has 0 fully saturated rings. The first-order valence-electron chi connectivity index (χ1n) is 14.2. The first-order valence-corrected chi connectivity index (χ1v) is 14.2. The molecule has 0 atom stereocenters. The van der Waals surface area contributed by atoms with Crippen LogP contribution in [0.5, 0.6) is 17.2 Å². The summed E-state index contributed by atoms with van der Waals surface area (Å²) in [5.74, 6) is 0.378. The number of esters is 2. The number of allylic oxidation sites excluding steroid dienone is 3. The standard InChI is InChI=1S/C35H44O8/c1-10-13-25-21-26(14-11-2)31(41-23-43-33(38)35(7,8)9)28(30(25)39-12-3)19-20-29(36)24-15-17-27(18-16-24)40-22-42-32(37)34(4,5)6/h10-11,15-21H,1-2,12-14,22-23H2,3-9H3. The zero-order chi connectivity index (χ0) is 32.2. The van der Waals surface area contributed by atoms with Gasteiger partial charge >= 0.3 is 11.9 Å². The van der Waals surface area contributed by atoms with Crippen LogP contribution in [-0.2, 0) is 31.9 Å². The van der Waals surface area contributed by atoms with E-state index in [-0.39, 0.29) is 25.3 Å². The summed E-state index contributed by atoms with van der Waals surface area (Å²) >= 11 is 0. The molecule has 2 aromatic carbocycles. The highest BCUT2D eigenvalue weighted by atomic mass is 16.7. The minimum Gasteiger partial charge on any atom is -0.493 e. The Labute approximate surface area is 255 Å². The van der Waals surface area contributed by atoms with Gasteiger partial charge in [-0.25, -0.2) is 0 Å². The number of hydrogen-bond donors (Lipinski definition) is 0. The first kappa shape index (κ1) is 34.9. The number of ether oxygens (including phenoxy) is 5. The smallest absolute Gasteiger partial charge is 0.314 e. The van der Waals surface area contributed by atoms with Gasteiger partial charge in [-0.3, -0.25) is 14.4 Å². The van der Waals surface area contributed by atoms with Crippen LogP contribution in [0.15, 0.2) is 61.7 Å². The molecule has 0 aromatic heterocycles. The molecule has 0 radical (unpaired) electrons. The van der Waals surface area contributed by atoms with Crippen molar-refractivity contribution in [2.45, 2.75) is 61.3 Å². The van der Waals surface area contributed by atoms with Crippen LogP contribution in [0, 0.1) is 10.8 Å². The molecule has 0 amide bonds. The molecule has 0 saturated heterocycles. The van der Waals surface area contributed by atoms with Crippen LogP contribution in [0.25, 0.3) is 6.08 Å². The molecule has 0 saturated carbocycles. The second-order valence-electron chi connectivity index (χ2n) is 11.8. The summed E-state index contributed by atoms with van der Waals surface area (Å²) in [5.41, 5.74) is 1.30. The van der Waals surface area contributed by atoms with Crippen LogP contribution in [0.1, 0.15) is 75.5 Å². The molecule has 43 heavy (non-hydrogen) atoms. The van der Waals surface area contributed by atoms with Gasteiger partial charge in [-0.1, -0.05) is 12.2 Å². The first-order chi connectivity index (χ1) is 20.2. The zero-order valence-electron chi connectivity index (χ0n) is 26.4. The summed E-state index contributed by atoms with van der Waals surface area (Å²) in [6.07, 6.45) is 7.59. The molecule has 2 aromatic rings. The number of rotatable bonds is 15. The maximum absolute atomic E-state index is 13.2. The summed E-state index contributed by atoms with van der Waals surface area (Å²) in [6.45, 7) is 20.0. The second kappa shape index (κ2) is 15.8. The number of benzene rings is 2. The normalized spacial score (nSPS) is 11.5. The molecule has 0 N–H and O–H groups in total. The predicted molar refractivity (Wildman–Crippen MR) is 167 cm³/mol. The highest BCUT2D eigenvalue weighted by molar-refractivity contribution is 6.07. The van der Waals surface area contributed by atoms with E-state index < -0.39 is 16.8 Å². The lowest BCUT2D eigenvalue weighted by Crippen LogP contribution is -2.25. The van der Waals surface area contributed by atoms with E-state index in [0.29, 0.717) is 47.8 Å². The van der Waals surface area contributed by atoms with E-state index >= 15 is 0 Å². The molecule has 8 heteroatoms. The topological polar surface area (TPSA) is 97.4 Å². The highest BCUT2D eigenvalue weighted by Crippen LogP contribution is 2.38. The SMILES string of the molecule is C=CCc1cc(CC=C)c(OCOC(=O)C(C)(C)C)c(C=CC(=O)c2ccc(OCOC(=O)C(C)(C)C)cc2)c1OCC. The fraction of sp³-hybridized carbons (Fsp3) is 0.400. The predicted octanol–water partition coefficient (Wildman–Crippen LogP) is 7.29. The lowest BCUT2D eigenvalue weighted by atomic mass is 9.97. The Hall–Kier alpha value is -4.33. The lowest BCUT2D eigenvalue weighted by Gasteiger charge is -2.21. The molecular formula is C35H44O8. The molecule has 0 aliphatic carbocycles. The maximum Gasteiger partial charge on any atom is 0.314 e. The molecule has 0 spiro atoms. The molecule has 232 valence electrons. The summed E-state index contributed by atoms with van der Waals surface area (Å²) in [4.78, 5) is 37.4. The van der Waals surface area contributed by atoms with E-state index in [2.05, 4.69) is 13.2 Å². The Kier molecular flexibility index (Phi) is 12.8. The van der Waals surface area contributed by atoms with E-state index in [9.17, 15) is 14.4 Å². The number of ketones is 1. The van der Waals surface area contributed by atoms with Crippen molar-refractivity contribution < 1.29 is 38.1 Å². The van der Waals surface area contributed by atoms with Crippen molar-refractivity contribution in [3.05, 3.63) is 84.0 Å². The van der Waals surface area contributed by atoms with Gasteiger partial charge in [0.1, 0.15) is 17.2 Å². The van der Waals surface area contributed by atoms with Crippen LogP contribution in [0.2, 0.25) is 0 Å². The van der Waals surface area contributed by atoms with Crippen molar-refractivity contribution in [1.29, 1.82) is 0 Å². The van der Waals surface area contributed by atoms with Gasteiger partial charge in [0.15, 0.2) is 5.78 Å². The number of hydrogen-bond acceptors (Lipinski definition) is 8. The summed E-state index contributed by atoms with van der Waals surface area (Å²) in [7, 11) is 0. The lowest BCUT2D eigenvalue weighted by molar-refractivity contribution is -0.160. The van der Waals surface area contributed by atoms with Crippen molar-refractivity contribution in [2.24, 2.45) is 10.8 Å². The fourth-order valence-corrected chi connectivity index (χ4v) is 3.74. The van der Waals surface area contributed by atoms with Crippen molar-refractivity contribution in [3.63, 3.8) is 0 Å². The maximum atomic E-state index is 13.2. The minimum absolute atomic E-state index is 0.231.